The smallest absolute Gasteiger partial charge is 0.0870 e. The van der Waals surface area contributed by atoms with Gasteiger partial charge < -0.3 is 5.73 Å². The molecule has 0 aromatic carbocycles. The summed E-state index contributed by atoms with van der Waals surface area (Å²) in [6.07, 6.45) is 0. The molecule has 15 heavy (non-hydrogen) atoms. The van der Waals surface area contributed by atoms with Gasteiger partial charge in [0.25, 0.3) is 0 Å². The molecule has 0 saturated carbocycles. The summed E-state index contributed by atoms with van der Waals surface area (Å²) in [6.45, 7) is 5.90. The molecule has 1 aromatic heterocycles. The van der Waals surface area contributed by atoms with Crippen LogP contribution in [0.25, 0.3) is 0 Å². The summed E-state index contributed by atoms with van der Waals surface area (Å²) in [4.78, 5) is 4.15. The second-order valence-corrected chi connectivity index (χ2v) is 6.13. The highest BCUT2D eigenvalue weighted by Gasteiger charge is 2.12. The van der Waals surface area contributed by atoms with Gasteiger partial charge in [-0.25, -0.2) is 0 Å². The van der Waals surface area contributed by atoms with Crippen molar-refractivity contribution in [1.82, 2.24) is 4.90 Å². The molecule has 0 unspecified atom stereocenters. The third-order valence-corrected chi connectivity index (χ3v) is 3.88. The summed E-state index contributed by atoms with van der Waals surface area (Å²) < 4.78 is 1.14. The number of thiocarbonyl (C=S) groups is 1. The maximum atomic E-state index is 5.57. The SMILES string of the molecule is CC(C)N(CC(N)=S)Cc1cc(Br)cs1. The Labute approximate surface area is 109 Å². The van der Waals surface area contributed by atoms with Crippen LogP contribution in [0.4, 0.5) is 0 Å². The van der Waals surface area contributed by atoms with E-state index in [0.717, 1.165) is 11.0 Å². The van der Waals surface area contributed by atoms with E-state index in [4.69, 9.17) is 18.0 Å². The second-order valence-electron chi connectivity index (χ2n) is 3.70. The van der Waals surface area contributed by atoms with Crippen molar-refractivity contribution < 1.29 is 0 Å². The van der Waals surface area contributed by atoms with Crippen molar-refractivity contribution in [3.63, 3.8) is 0 Å². The van der Waals surface area contributed by atoms with Crippen molar-refractivity contribution in [3.8, 4) is 0 Å². The lowest BCUT2D eigenvalue weighted by atomic mass is 10.3. The van der Waals surface area contributed by atoms with Gasteiger partial charge in [0.1, 0.15) is 0 Å². The zero-order chi connectivity index (χ0) is 11.4. The zero-order valence-corrected chi connectivity index (χ0v) is 12.1. The third kappa shape index (κ3) is 4.59. The molecule has 0 amide bonds. The first-order valence-corrected chi connectivity index (χ1v) is 6.82. The Kier molecular flexibility index (Phi) is 5.18. The predicted octanol–water partition coefficient (Wildman–Crippen LogP) is 3.01. The van der Waals surface area contributed by atoms with Gasteiger partial charge in [0.05, 0.1) is 4.99 Å². The highest BCUT2D eigenvalue weighted by atomic mass is 79.9. The number of hydrogen-bond acceptors (Lipinski definition) is 3. The largest absolute Gasteiger partial charge is 0.392 e. The molecule has 0 aliphatic rings. The molecule has 1 rings (SSSR count). The first kappa shape index (κ1) is 13.1. The Morgan fingerprint density at radius 3 is 2.73 bits per heavy atom. The summed E-state index contributed by atoms with van der Waals surface area (Å²) >= 11 is 10.1. The Balaban J connectivity index is 2.62. The van der Waals surface area contributed by atoms with Gasteiger partial charge in [-0.15, -0.1) is 11.3 Å². The molecule has 0 saturated heterocycles. The van der Waals surface area contributed by atoms with Crippen molar-refractivity contribution in [3.05, 3.63) is 20.8 Å². The van der Waals surface area contributed by atoms with Crippen molar-refractivity contribution >= 4 is 44.5 Å². The molecule has 2 N–H and O–H groups in total. The minimum atomic E-state index is 0.451. The topological polar surface area (TPSA) is 29.3 Å². The summed E-state index contributed by atoms with van der Waals surface area (Å²) in [5, 5.41) is 2.09. The minimum Gasteiger partial charge on any atom is -0.392 e. The first-order valence-electron chi connectivity index (χ1n) is 4.74. The quantitative estimate of drug-likeness (QED) is 0.848. The van der Waals surface area contributed by atoms with E-state index in [0.29, 0.717) is 17.6 Å². The van der Waals surface area contributed by atoms with Crippen LogP contribution in [0.5, 0.6) is 0 Å². The van der Waals surface area contributed by atoms with Crippen LogP contribution in [0.15, 0.2) is 15.9 Å². The average molecular weight is 307 g/mol. The number of thiophene rings is 1. The number of nitrogens with zero attached hydrogens (tertiary/aromatic N) is 1. The summed E-state index contributed by atoms with van der Waals surface area (Å²) in [7, 11) is 0. The van der Waals surface area contributed by atoms with Gasteiger partial charge in [-0.2, -0.15) is 0 Å². The molecule has 0 radical (unpaired) electrons. The van der Waals surface area contributed by atoms with Crippen LogP contribution < -0.4 is 5.73 Å². The van der Waals surface area contributed by atoms with E-state index in [1.807, 2.05) is 0 Å². The molecule has 0 aliphatic heterocycles. The van der Waals surface area contributed by atoms with E-state index in [-0.39, 0.29) is 0 Å². The van der Waals surface area contributed by atoms with Crippen LogP contribution in [0.1, 0.15) is 18.7 Å². The molecule has 1 aromatic rings. The Hall–Kier alpha value is 0.0300. The average Bonchev–Trinajstić information content (AvgIpc) is 2.49. The summed E-state index contributed by atoms with van der Waals surface area (Å²) in [5.74, 6) is 0. The lowest BCUT2D eigenvalue weighted by Crippen LogP contribution is -2.36. The number of hydrogen-bond donors (Lipinski definition) is 1. The van der Waals surface area contributed by atoms with E-state index in [1.165, 1.54) is 4.88 Å². The summed E-state index contributed by atoms with van der Waals surface area (Å²) in [6, 6.07) is 2.59. The maximum absolute atomic E-state index is 5.57. The van der Waals surface area contributed by atoms with Gasteiger partial charge in [0.15, 0.2) is 0 Å². The molecule has 2 nitrogen and oxygen atoms in total. The second kappa shape index (κ2) is 5.94. The van der Waals surface area contributed by atoms with Crippen LogP contribution in [-0.2, 0) is 6.54 Å². The van der Waals surface area contributed by atoms with E-state index in [9.17, 15) is 0 Å². The Morgan fingerprint density at radius 2 is 2.33 bits per heavy atom. The Morgan fingerprint density at radius 1 is 1.67 bits per heavy atom. The fraction of sp³-hybridized carbons (Fsp3) is 0.500. The molecular weight excluding hydrogens is 292 g/mol. The van der Waals surface area contributed by atoms with Crippen molar-refractivity contribution in [2.45, 2.75) is 26.4 Å². The fourth-order valence-electron chi connectivity index (χ4n) is 1.26. The molecule has 0 spiro atoms. The zero-order valence-electron chi connectivity index (χ0n) is 8.87. The number of nitrogens with two attached hydrogens (primary N) is 1. The monoisotopic (exact) mass is 306 g/mol. The van der Waals surface area contributed by atoms with E-state index in [2.05, 4.69) is 46.1 Å². The van der Waals surface area contributed by atoms with Gasteiger partial charge >= 0.3 is 0 Å². The van der Waals surface area contributed by atoms with Crippen LogP contribution in [0, 0.1) is 0 Å². The van der Waals surface area contributed by atoms with Gasteiger partial charge in [-0.05, 0) is 35.8 Å². The third-order valence-electron chi connectivity index (χ3n) is 2.07. The van der Waals surface area contributed by atoms with Crippen LogP contribution in [0.2, 0.25) is 0 Å². The van der Waals surface area contributed by atoms with E-state index in [1.54, 1.807) is 11.3 Å². The molecule has 84 valence electrons. The molecule has 0 atom stereocenters. The summed E-state index contributed by atoms with van der Waals surface area (Å²) in [5.41, 5.74) is 5.57. The highest BCUT2D eigenvalue weighted by Crippen LogP contribution is 2.21. The molecular formula is C10H15BrN2S2. The molecule has 1 heterocycles. The van der Waals surface area contributed by atoms with E-state index >= 15 is 0 Å². The molecule has 0 bridgehead atoms. The molecule has 0 aliphatic carbocycles. The van der Waals surface area contributed by atoms with Crippen molar-refractivity contribution in [2.24, 2.45) is 5.73 Å². The van der Waals surface area contributed by atoms with Gasteiger partial charge in [-0.1, -0.05) is 12.2 Å². The number of rotatable bonds is 5. The standard InChI is InChI=1S/C10H15BrN2S2/c1-7(2)13(5-10(12)14)4-9-3-8(11)6-15-9/h3,6-7H,4-5H2,1-2H3,(H2,12,14). The minimum absolute atomic E-state index is 0.451. The maximum Gasteiger partial charge on any atom is 0.0870 e. The normalized spacial score (nSPS) is 11.3. The van der Waals surface area contributed by atoms with Gasteiger partial charge in [-0.3, -0.25) is 4.90 Å². The lowest BCUT2D eigenvalue weighted by Gasteiger charge is -2.25. The first-order chi connectivity index (χ1) is 6.99. The van der Waals surface area contributed by atoms with Gasteiger partial charge in [0.2, 0.25) is 0 Å². The number of halogens is 1. The highest BCUT2D eigenvalue weighted by molar-refractivity contribution is 9.10. The lowest BCUT2D eigenvalue weighted by molar-refractivity contribution is 0.247. The molecule has 5 heteroatoms. The van der Waals surface area contributed by atoms with Crippen LogP contribution >= 0.6 is 39.5 Å². The van der Waals surface area contributed by atoms with E-state index < -0.39 is 0 Å². The van der Waals surface area contributed by atoms with Crippen LogP contribution in [0.3, 0.4) is 0 Å². The molecule has 0 fully saturated rings. The van der Waals surface area contributed by atoms with Crippen LogP contribution in [-0.4, -0.2) is 22.5 Å². The van der Waals surface area contributed by atoms with Gasteiger partial charge in [0, 0.05) is 33.9 Å². The fourth-order valence-corrected chi connectivity index (χ4v) is 2.90. The van der Waals surface area contributed by atoms with Crippen molar-refractivity contribution in [2.75, 3.05) is 6.54 Å². The van der Waals surface area contributed by atoms with Crippen molar-refractivity contribution in [1.29, 1.82) is 0 Å². The Bertz CT molecular complexity index is 336. The predicted molar refractivity (Wildman–Crippen MR) is 74.4 cm³/mol.